The number of benzene rings is 2. The Balaban J connectivity index is 1.52. The molecule has 0 atom stereocenters. The number of aromatic amines is 1. The average Bonchev–Trinajstić information content (AvgIpc) is 3.07. The zero-order chi connectivity index (χ0) is 22.9. The molecule has 33 heavy (non-hydrogen) atoms. The van der Waals surface area contributed by atoms with Crippen molar-refractivity contribution in [3.8, 4) is 22.7 Å². The van der Waals surface area contributed by atoms with Crippen molar-refractivity contribution < 1.29 is 9.53 Å². The van der Waals surface area contributed by atoms with E-state index >= 15 is 0 Å². The van der Waals surface area contributed by atoms with E-state index in [1.165, 1.54) is 4.68 Å². The highest BCUT2D eigenvalue weighted by atomic mass is 16.5. The number of aromatic nitrogens is 3. The van der Waals surface area contributed by atoms with Crippen molar-refractivity contribution in [3.05, 3.63) is 88.3 Å². The fourth-order valence-electron chi connectivity index (χ4n) is 4.00. The number of methoxy groups -OCH3 is 1. The van der Waals surface area contributed by atoms with Crippen LogP contribution in [0.15, 0.2) is 71.7 Å². The molecule has 0 saturated carbocycles. The lowest BCUT2D eigenvalue weighted by Crippen LogP contribution is -2.37. The fraction of sp³-hybridized carbons (Fsp3) is 0.160. The molecule has 2 aromatic heterocycles. The Morgan fingerprint density at radius 2 is 1.85 bits per heavy atom. The highest BCUT2D eigenvalue weighted by Crippen LogP contribution is 2.33. The molecule has 166 valence electrons. The topological polar surface area (TPSA) is 92.2 Å². The quantitative estimate of drug-likeness (QED) is 0.500. The minimum atomic E-state index is -0.292. The lowest BCUT2D eigenvalue weighted by atomic mass is 10.1. The Morgan fingerprint density at radius 3 is 2.58 bits per heavy atom. The fourth-order valence-corrected chi connectivity index (χ4v) is 4.00. The first-order valence-corrected chi connectivity index (χ1v) is 10.6. The van der Waals surface area contributed by atoms with Crippen molar-refractivity contribution in [3.63, 3.8) is 0 Å². The summed E-state index contributed by atoms with van der Waals surface area (Å²) in [6.07, 6.45) is 2.04. The molecular weight excluding hydrogens is 418 g/mol. The number of carbonyl (C=O) groups is 1. The molecule has 0 unspecified atom stereocenters. The molecule has 0 spiro atoms. The van der Waals surface area contributed by atoms with E-state index in [2.05, 4.69) is 15.4 Å². The van der Waals surface area contributed by atoms with Gasteiger partial charge in [-0.2, -0.15) is 0 Å². The molecule has 8 heteroatoms. The third-order valence-electron chi connectivity index (χ3n) is 5.76. The van der Waals surface area contributed by atoms with Gasteiger partial charge in [-0.3, -0.25) is 14.8 Å². The van der Waals surface area contributed by atoms with E-state index in [1.54, 1.807) is 36.4 Å². The number of rotatable bonds is 3. The van der Waals surface area contributed by atoms with Gasteiger partial charge in [0.15, 0.2) is 0 Å². The second kappa shape index (κ2) is 8.31. The van der Waals surface area contributed by atoms with Crippen LogP contribution >= 0.6 is 0 Å². The maximum absolute atomic E-state index is 13.3. The number of pyridine rings is 1. The van der Waals surface area contributed by atoms with Gasteiger partial charge in [0.2, 0.25) is 0 Å². The average molecular weight is 441 g/mol. The Labute approximate surface area is 190 Å². The normalized spacial score (nSPS) is 12.5. The Morgan fingerprint density at radius 1 is 1.09 bits per heavy atom. The zero-order valence-electron chi connectivity index (χ0n) is 18.3. The molecule has 4 aromatic rings. The van der Waals surface area contributed by atoms with Crippen molar-refractivity contribution in [2.75, 3.05) is 23.9 Å². The second-order valence-corrected chi connectivity index (χ2v) is 7.88. The number of amides is 2. The monoisotopic (exact) mass is 441 g/mol. The first-order valence-electron chi connectivity index (χ1n) is 10.6. The SMILES string of the molecule is COc1ccc(-n2[nH]c3c(c2=O)CCN(C(=O)Nc2ccc(C)cc2)c2ncccc2-3)cc1. The van der Waals surface area contributed by atoms with Crippen molar-refractivity contribution >= 4 is 17.5 Å². The molecule has 2 amide bonds. The van der Waals surface area contributed by atoms with E-state index in [9.17, 15) is 9.59 Å². The van der Waals surface area contributed by atoms with Gasteiger partial charge in [-0.15, -0.1) is 0 Å². The van der Waals surface area contributed by atoms with E-state index in [0.717, 1.165) is 5.56 Å². The maximum atomic E-state index is 13.3. The van der Waals surface area contributed by atoms with Crippen LogP contribution in [0.3, 0.4) is 0 Å². The van der Waals surface area contributed by atoms with Gasteiger partial charge in [-0.1, -0.05) is 17.7 Å². The van der Waals surface area contributed by atoms with Crippen LogP contribution in [-0.4, -0.2) is 34.5 Å². The maximum Gasteiger partial charge on any atom is 0.327 e. The lowest BCUT2D eigenvalue weighted by molar-refractivity contribution is 0.257. The van der Waals surface area contributed by atoms with Crippen LogP contribution in [0.4, 0.5) is 16.3 Å². The van der Waals surface area contributed by atoms with E-state index in [0.29, 0.717) is 52.7 Å². The zero-order valence-corrected chi connectivity index (χ0v) is 18.3. The number of carbonyl (C=O) groups excluding carboxylic acids is 1. The molecule has 2 N–H and O–H groups in total. The minimum Gasteiger partial charge on any atom is -0.497 e. The summed E-state index contributed by atoms with van der Waals surface area (Å²) in [6, 6.07) is 18.2. The molecule has 8 nitrogen and oxygen atoms in total. The summed E-state index contributed by atoms with van der Waals surface area (Å²) in [5.74, 6) is 1.22. The number of aryl methyl sites for hydroxylation is 1. The predicted octanol–water partition coefficient (Wildman–Crippen LogP) is 4.14. The van der Waals surface area contributed by atoms with Crippen LogP contribution in [-0.2, 0) is 6.42 Å². The molecule has 2 aromatic carbocycles. The number of nitrogens with zero attached hydrogens (tertiary/aromatic N) is 3. The number of nitrogens with one attached hydrogen (secondary N) is 2. The summed E-state index contributed by atoms with van der Waals surface area (Å²) in [5, 5.41) is 6.16. The van der Waals surface area contributed by atoms with E-state index in [4.69, 9.17) is 4.74 Å². The number of fused-ring (bicyclic) bond motifs is 3. The highest BCUT2D eigenvalue weighted by Gasteiger charge is 2.29. The first kappa shape index (κ1) is 20.6. The summed E-state index contributed by atoms with van der Waals surface area (Å²) in [4.78, 5) is 32.5. The predicted molar refractivity (Wildman–Crippen MR) is 127 cm³/mol. The van der Waals surface area contributed by atoms with Crippen LogP contribution in [0.2, 0.25) is 0 Å². The first-order chi connectivity index (χ1) is 16.0. The number of hydrogen-bond donors (Lipinski definition) is 2. The summed E-state index contributed by atoms with van der Waals surface area (Å²) in [7, 11) is 1.60. The number of hydrogen-bond acceptors (Lipinski definition) is 4. The third-order valence-corrected chi connectivity index (χ3v) is 5.76. The number of ether oxygens (including phenoxy) is 1. The molecular formula is C25H23N5O3. The standard InChI is InChI=1S/C25H23N5O3/c1-16-5-7-17(8-6-16)27-25(32)29-15-13-21-22(20-4-3-14-26-23(20)29)28-30(24(21)31)18-9-11-19(33-2)12-10-18/h3-12,14,28H,13,15H2,1-2H3,(H,27,32). The number of anilines is 2. The van der Waals surface area contributed by atoms with Crippen LogP contribution in [0.5, 0.6) is 5.75 Å². The number of urea groups is 1. The van der Waals surface area contributed by atoms with E-state index < -0.39 is 0 Å². The van der Waals surface area contributed by atoms with Crippen LogP contribution in [0.25, 0.3) is 16.9 Å². The van der Waals surface area contributed by atoms with E-state index in [1.807, 2.05) is 49.4 Å². The molecule has 0 fully saturated rings. The van der Waals surface area contributed by atoms with Crippen molar-refractivity contribution in [1.29, 1.82) is 0 Å². The van der Waals surface area contributed by atoms with Gasteiger partial charge in [-0.25, -0.2) is 14.5 Å². The molecule has 3 heterocycles. The Hall–Kier alpha value is -4.33. The molecule has 1 aliphatic rings. The Kier molecular flexibility index (Phi) is 5.18. The van der Waals surface area contributed by atoms with Gasteiger partial charge in [-0.05, 0) is 61.9 Å². The van der Waals surface area contributed by atoms with Crippen LogP contribution < -0.4 is 20.5 Å². The molecule has 5 rings (SSSR count). The van der Waals surface area contributed by atoms with Gasteiger partial charge in [0.1, 0.15) is 11.6 Å². The van der Waals surface area contributed by atoms with Crippen LogP contribution in [0, 0.1) is 6.92 Å². The van der Waals surface area contributed by atoms with Crippen LogP contribution in [0.1, 0.15) is 11.1 Å². The summed E-state index contributed by atoms with van der Waals surface area (Å²) in [6.45, 7) is 2.32. The third kappa shape index (κ3) is 3.76. The highest BCUT2D eigenvalue weighted by molar-refractivity contribution is 6.03. The van der Waals surface area contributed by atoms with Gasteiger partial charge in [0.25, 0.3) is 5.56 Å². The van der Waals surface area contributed by atoms with Gasteiger partial charge in [0.05, 0.1) is 18.5 Å². The van der Waals surface area contributed by atoms with Gasteiger partial charge in [0, 0.05) is 29.6 Å². The van der Waals surface area contributed by atoms with Gasteiger partial charge >= 0.3 is 6.03 Å². The minimum absolute atomic E-state index is 0.147. The number of H-pyrrole nitrogens is 1. The van der Waals surface area contributed by atoms with E-state index in [-0.39, 0.29) is 11.6 Å². The summed E-state index contributed by atoms with van der Waals surface area (Å²) in [5.41, 5.74) is 4.36. The van der Waals surface area contributed by atoms with Crippen molar-refractivity contribution in [1.82, 2.24) is 14.8 Å². The molecule has 0 saturated heterocycles. The second-order valence-electron chi connectivity index (χ2n) is 7.88. The lowest BCUT2D eigenvalue weighted by Gasteiger charge is -2.22. The van der Waals surface area contributed by atoms with Gasteiger partial charge < -0.3 is 10.1 Å². The summed E-state index contributed by atoms with van der Waals surface area (Å²) < 4.78 is 6.73. The Bertz CT molecular complexity index is 1370. The van der Waals surface area contributed by atoms with Crippen molar-refractivity contribution in [2.24, 2.45) is 0 Å². The smallest absolute Gasteiger partial charge is 0.327 e. The summed E-state index contributed by atoms with van der Waals surface area (Å²) >= 11 is 0. The van der Waals surface area contributed by atoms with Crippen molar-refractivity contribution in [2.45, 2.75) is 13.3 Å². The molecule has 0 aliphatic carbocycles. The largest absolute Gasteiger partial charge is 0.497 e. The molecule has 1 aliphatic heterocycles. The molecule has 0 radical (unpaired) electrons. The molecule has 0 bridgehead atoms.